The Morgan fingerprint density at radius 3 is 2.18 bits per heavy atom. The van der Waals surface area contributed by atoms with Crippen molar-refractivity contribution in [2.45, 2.75) is 39.2 Å². The molecule has 222 valence electrons. The van der Waals surface area contributed by atoms with Crippen molar-refractivity contribution >= 4 is 28.5 Å². The van der Waals surface area contributed by atoms with Gasteiger partial charge in [-0.2, -0.15) is 0 Å². The van der Waals surface area contributed by atoms with Gasteiger partial charge in [0, 0.05) is 28.9 Å². The Labute approximate surface area is 268 Å². The van der Waals surface area contributed by atoms with E-state index in [1.165, 1.54) is 16.0 Å². The van der Waals surface area contributed by atoms with E-state index in [0.29, 0.717) is 6.54 Å². The molecule has 0 saturated carbocycles. The van der Waals surface area contributed by atoms with Crippen LogP contribution in [0.3, 0.4) is 0 Å². The van der Waals surface area contributed by atoms with Gasteiger partial charge in [-0.15, -0.1) is 11.3 Å². The zero-order valence-electron chi connectivity index (χ0n) is 25.4. The summed E-state index contributed by atoms with van der Waals surface area (Å²) in [5, 5.41) is 3.97. The standard InChI is InChI=1S/C40H35N3OS/c1-28-21-23-33(24-22-28)43-35(30-15-7-3-8-16-30)25-32(38(43)31-17-9-4-10-18-31)27-42-40-37(34-19-11-12-20-36(34)45-40)39(44)41-26-29-13-5-2-6-14-29/h2-10,13-18,21-25,27H,11-12,19-20,26H2,1H3,(H,41,44). The van der Waals surface area contributed by atoms with Crippen LogP contribution in [-0.2, 0) is 19.4 Å². The fourth-order valence-corrected chi connectivity index (χ4v) is 7.41. The van der Waals surface area contributed by atoms with Crippen molar-refractivity contribution in [1.29, 1.82) is 0 Å². The number of hydrogen-bond acceptors (Lipinski definition) is 3. The molecular weight excluding hydrogens is 571 g/mol. The summed E-state index contributed by atoms with van der Waals surface area (Å²) in [6.07, 6.45) is 6.15. The predicted molar refractivity (Wildman–Crippen MR) is 187 cm³/mol. The molecule has 1 aliphatic carbocycles. The number of hydrogen-bond donors (Lipinski definition) is 1. The molecule has 0 aliphatic heterocycles. The molecule has 0 unspecified atom stereocenters. The van der Waals surface area contributed by atoms with Gasteiger partial charge in [-0.25, -0.2) is 4.99 Å². The van der Waals surface area contributed by atoms with Crippen LogP contribution in [0.1, 0.15) is 50.3 Å². The molecule has 6 aromatic rings. The van der Waals surface area contributed by atoms with Crippen molar-refractivity contribution in [2.75, 3.05) is 0 Å². The largest absolute Gasteiger partial charge is 0.348 e. The lowest BCUT2D eigenvalue weighted by atomic mass is 9.95. The van der Waals surface area contributed by atoms with Gasteiger partial charge in [0.1, 0.15) is 5.00 Å². The van der Waals surface area contributed by atoms with Crippen molar-refractivity contribution in [3.8, 4) is 28.2 Å². The molecule has 0 spiro atoms. The van der Waals surface area contributed by atoms with E-state index in [1.54, 1.807) is 11.3 Å². The van der Waals surface area contributed by atoms with Crippen molar-refractivity contribution in [3.05, 3.63) is 154 Å². The lowest BCUT2D eigenvalue weighted by Gasteiger charge is -2.15. The molecule has 1 N–H and O–H groups in total. The normalized spacial score (nSPS) is 12.7. The number of nitrogens with one attached hydrogen (secondary N) is 1. The Balaban J connectivity index is 1.35. The second-order valence-corrected chi connectivity index (χ2v) is 12.6. The van der Waals surface area contributed by atoms with Crippen LogP contribution in [0, 0.1) is 6.92 Å². The molecule has 2 heterocycles. The molecule has 5 heteroatoms. The van der Waals surface area contributed by atoms with E-state index in [1.807, 2.05) is 48.7 Å². The second-order valence-electron chi connectivity index (χ2n) is 11.6. The zero-order valence-corrected chi connectivity index (χ0v) is 26.2. The third-order valence-corrected chi connectivity index (χ3v) is 9.64. The van der Waals surface area contributed by atoms with E-state index in [0.717, 1.165) is 75.6 Å². The molecule has 0 radical (unpaired) electrons. The molecule has 0 fully saturated rings. The number of carbonyl (C=O) groups is 1. The number of fused-ring (bicyclic) bond motifs is 1. The lowest BCUT2D eigenvalue weighted by molar-refractivity contribution is 0.0951. The molecule has 4 nitrogen and oxygen atoms in total. The van der Waals surface area contributed by atoms with Gasteiger partial charge >= 0.3 is 0 Å². The third kappa shape index (κ3) is 6.04. The van der Waals surface area contributed by atoms with Gasteiger partial charge < -0.3 is 9.88 Å². The minimum absolute atomic E-state index is 0.0455. The average molecular weight is 606 g/mol. The van der Waals surface area contributed by atoms with Gasteiger partial charge in [0.05, 0.1) is 17.0 Å². The highest BCUT2D eigenvalue weighted by molar-refractivity contribution is 7.16. The first-order valence-electron chi connectivity index (χ1n) is 15.6. The Kier molecular flexibility index (Phi) is 8.26. The highest BCUT2D eigenvalue weighted by atomic mass is 32.1. The molecule has 1 aliphatic rings. The summed E-state index contributed by atoms with van der Waals surface area (Å²) < 4.78 is 2.33. The van der Waals surface area contributed by atoms with Crippen molar-refractivity contribution in [3.63, 3.8) is 0 Å². The number of carbonyl (C=O) groups excluding carboxylic acids is 1. The molecule has 1 amide bonds. The number of thiophene rings is 1. The van der Waals surface area contributed by atoms with Gasteiger partial charge in [0.15, 0.2) is 0 Å². The van der Waals surface area contributed by atoms with Crippen molar-refractivity contribution in [1.82, 2.24) is 9.88 Å². The first-order chi connectivity index (χ1) is 22.2. The molecular formula is C40H35N3OS. The van der Waals surface area contributed by atoms with Crippen LogP contribution in [0.15, 0.2) is 126 Å². The first kappa shape index (κ1) is 28.8. The second kappa shape index (κ2) is 12.9. The summed E-state index contributed by atoms with van der Waals surface area (Å²) in [7, 11) is 0. The van der Waals surface area contributed by atoms with Gasteiger partial charge in [0.25, 0.3) is 5.91 Å². The number of amides is 1. The summed E-state index contributed by atoms with van der Waals surface area (Å²) >= 11 is 1.67. The van der Waals surface area contributed by atoms with Crippen LogP contribution in [0.2, 0.25) is 0 Å². The minimum atomic E-state index is -0.0455. The molecule has 0 bridgehead atoms. The number of rotatable bonds is 8. The smallest absolute Gasteiger partial charge is 0.254 e. The van der Waals surface area contributed by atoms with E-state index in [2.05, 4.69) is 95.7 Å². The van der Waals surface area contributed by atoms with Crippen LogP contribution >= 0.6 is 11.3 Å². The van der Waals surface area contributed by atoms with Crippen LogP contribution < -0.4 is 5.32 Å². The summed E-state index contributed by atoms with van der Waals surface area (Å²) in [6, 6.07) is 42.0. The number of aromatic nitrogens is 1. The maximum absolute atomic E-state index is 13.7. The molecule has 2 aromatic heterocycles. The van der Waals surface area contributed by atoms with Crippen LogP contribution in [0.25, 0.3) is 28.2 Å². The number of aryl methyl sites for hydroxylation is 2. The lowest BCUT2D eigenvalue weighted by Crippen LogP contribution is -2.24. The van der Waals surface area contributed by atoms with Crippen molar-refractivity contribution < 1.29 is 4.79 Å². The minimum Gasteiger partial charge on any atom is -0.348 e. The SMILES string of the molecule is Cc1ccc(-n2c(-c3ccccc3)cc(C=Nc3sc4c(c3C(=O)NCc3ccccc3)CCCC4)c2-c2ccccc2)cc1. The number of aliphatic imine (C=N–C) groups is 1. The van der Waals surface area contributed by atoms with Gasteiger partial charge in [-0.1, -0.05) is 109 Å². The average Bonchev–Trinajstić information content (AvgIpc) is 3.66. The summed E-state index contributed by atoms with van der Waals surface area (Å²) in [6.45, 7) is 2.60. The molecule has 45 heavy (non-hydrogen) atoms. The highest BCUT2D eigenvalue weighted by Gasteiger charge is 2.26. The van der Waals surface area contributed by atoms with Crippen LogP contribution in [0.4, 0.5) is 5.00 Å². The van der Waals surface area contributed by atoms with Crippen molar-refractivity contribution in [2.24, 2.45) is 4.99 Å². The fourth-order valence-electron chi connectivity index (χ4n) is 6.17. The van der Waals surface area contributed by atoms with E-state index in [9.17, 15) is 4.79 Å². The maximum Gasteiger partial charge on any atom is 0.254 e. The Morgan fingerprint density at radius 2 is 1.47 bits per heavy atom. The van der Waals surface area contributed by atoms with Gasteiger partial charge in [0.2, 0.25) is 0 Å². The predicted octanol–water partition coefficient (Wildman–Crippen LogP) is 9.74. The van der Waals surface area contributed by atoms with E-state index in [-0.39, 0.29) is 5.91 Å². The molecule has 0 saturated heterocycles. The quantitative estimate of drug-likeness (QED) is 0.173. The Morgan fingerprint density at radius 1 is 0.822 bits per heavy atom. The van der Waals surface area contributed by atoms with E-state index < -0.39 is 0 Å². The topological polar surface area (TPSA) is 46.4 Å². The fraction of sp³-hybridized carbons (Fsp3) is 0.150. The van der Waals surface area contributed by atoms with Gasteiger partial charge in [-0.3, -0.25) is 4.79 Å². The zero-order chi connectivity index (χ0) is 30.6. The van der Waals surface area contributed by atoms with Crippen LogP contribution in [-0.4, -0.2) is 16.7 Å². The Bertz CT molecular complexity index is 1950. The molecule has 0 atom stereocenters. The number of nitrogens with zero attached hydrogens (tertiary/aromatic N) is 2. The summed E-state index contributed by atoms with van der Waals surface area (Å²) in [5.74, 6) is -0.0455. The summed E-state index contributed by atoms with van der Waals surface area (Å²) in [4.78, 5) is 20.2. The Hall–Kier alpha value is -5.00. The van der Waals surface area contributed by atoms with E-state index >= 15 is 0 Å². The van der Waals surface area contributed by atoms with E-state index in [4.69, 9.17) is 4.99 Å². The van der Waals surface area contributed by atoms with Gasteiger partial charge in [-0.05, 0) is 73.1 Å². The van der Waals surface area contributed by atoms with Crippen LogP contribution in [0.5, 0.6) is 0 Å². The first-order valence-corrected chi connectivity index (χ1v) is 16.4. The summed E-state index contributed by atoms with van der Waals surface area (Å²) in [5.41, 5.74) is 10.7. The monoisotopic (exact) mass is 605 g/mol. The molecule has 4 aromatic carbocycles. The number of benzene rings is 4. The molecule has 7 rings (SSSR count). The third-order valence-electron chi connectivity index (χ3n) is 8.44. The maximum atomic E-state index is 13.7. The highest BCUT2D eigenvalue weighted by Crippen LogP contribution is 2.41.